The lowest BCUT2D eigenvalue weighted by Crippen LogP contribution is -2.43. The van der Waals surface area contributed by atoms with Gasteiger partial charge in [0.05, 0.1) is 16.5 Å². The van der Waals surface area contributed by atoms with E-state index in [9.17, 15) is 18.0 Å². The third-order valence-electron chi connectivity index (χ3n) is 6.33. The van der Waals surface area contributed by atoms with Gasteiger partial charge in [-0.05, 0) is 42.8 Å². The first-order valence-electron chi connectivity index (χ1n) is 11.2. The predicted molar refractivity (Wildman–Crippen MR) is 129 cm³/mol. The van der Waals surface area contributed by atoms with Crippen LogP contribution in [-0.4, -0.2) is 44.2 Å². The van der Waals surface area contributed by atoms with E-state index in [1.165, 1.54) is 10.4 Å². The van der Waals surface area contributed by atoms with Gasteiger partial charge in [-0.15, -0.1) is 0 Å². The maximum atomic E-state index is 13.5. The van der Waals surface area contributed by atoms with Crippen molar-refractivity contribution in [3.63, 3.8) is 0 Å². The molecular weight excluding hydrogens is 454 g/mol. The van der Waals surface area contributed by atoms with Crippen LogP contribution in [0.3, 0.4) is 0 Å². The molecule has 3 aromatic carbocycles. The smallest absolute Gasteiger partial charge is 0.262 e. The Labute approximate surface area is 197 Å². The first-order valence-corrected chi connectivity index (χ1v) is 12.6. The molecule has 0 bridgehead atoms. The van der Waals surface area contributed by atoms with Crippen LogP contribution in [0.4, 0.5) is 11.4 Å². The second kappa shape index (κ2) is 8.73. The topological polar surface area (TPSA) is 105 Å². The SMILES string of the molecule is Cc1cc2c(cc1S(=O)(=O)N1CCCC(C(=O)Nc3cccc4ccccc34)C1)OCC(=O)N2. The van der Waals surface area contributed by atoms with Crippen molar-refractivity contribution in [1.29, 1.82) is 0 Å². The zero-order chi connectivity index (χ0) is 23.9. The molecule has 1 atom stereocenters. The molecule has 9 heteroatoms. The molecule has 5 rings (SSSR count). The van der Waals surface area contributed by atoms with Gasteiger partial charge in [-0.25, -0.2) is 8.42 Å². The van der Waals surface area contributed by atoms with Gasteiger partial charge in [0.1, 0.15) is 5.75 Å². The number of aryl methyl sites for hydroxylation is 1. The van der Waals surface area contributed by atoms with Gasteiger partial charge in [0.2, 0.25) is 15.9 Å². The summed E-state index contributed by atoms with van der Waals surface area (Å²) in [7, 11) is -3.85. The Morgan fingerprint density at radius 2 is 1.94 bits per heavy atom. The molecule has 0 saturated carbocycles. The predicted octanol–water partition coefficient (Wildman–Crippen LogP) is 3.52. The van der Waals surface area contributed by atoms with Crippen LogP contribution in [0, 0.1) is 12.8 Å². The molecule has 1 fully saturated rings. The summed E-state index contributed by atoms with van der Waals surface area (Å²) in [5, 5.41) is 7.66. The number of amides is 2. The highest BCUT2D eigenvalue weighted by Crippen LogP contribution is 2.35. The van der Waals surface area contributed by atoms with Gasteiger partial charge >= 0.3 is 0 Å². The Bertz CT molecular complexity index is 1400. The number of nitrogens with zero attached hydrogens (tertiary/aromatic N) is 1. The van der Waals surface area contributed by atoms with Crippen molar-refractivity contribution in [2.24, 2.45) is 5.92 Å². The lowest BCUT2D eigenvalue weighted by atomic mass is 9.98. The van der Waals surface area contributed by atoms with E-state index in [1.807, 2.05) is 42.5 Å². The van der Waals surface area contributed by atoms with Crippen LogP contribution in [0.25, 0.3) is 10.8 Å². The van der Waals surface area contributed by atoms with Crippen LogP contribution in [0.15, 0.2) is 59.5 Å². The fourth-order valence-electron chi connectivity index (χ4n) is 4.58. The standard InChI is InChI=1S/C25H25N3O5S/c1-16-12-21-22(33-15-24(29)26-21)13-23(16)34(31,32)28-11-5-8-18(14-28)25(30)27-20-10-4-7-17-6-2-3-9-19(17)20/h2-4,6-7,9-10,12-13,18H,5,8,11,14-15H2,1H3,(H,26,29)(H,27,30). The maximum absolute atomic E-state index is 13.5. The minimum absolute atomic E-state index is 0.104. The average Bonchev–Trinajstić information content (AvgIpc) is 2.83. The third-order valence-corrected chi connectivity index (χ3v) is 8.34. The first-order chi connectivity index (χ1) is 16.3. The zero-order valence-electron chi connectivity index (χ0n) is 18.7. The summed E-state index contributed by atoms with van der Waals surface area (Å²) in [6, 6.07) is 16.6. The Morgan fingerprint density at radius 1 is 1.15 bits per heavy atom. The second-order valence-electron chi connectivity index (χ2n) is 8.67. The summed E-state index contributed by atoms with van der Waals surface area (Å²) in [5.41, 5.74) is 1.68. The van der Waals surface area contributed by atoms with Crippen LogP contribution in [0.1, 0.15) is 18.4 Å². The lowest BCUT2D eigenvalue weighted by molar-refractivity contribution is -0.121. The number of carbonyl (C=O) groups is 2. The number of sulfonamides is 1. The molecule has 0 spiro atoms. The number of anilines is 2. The van der Waals surface area contributed by atoms with E-state index < -0.39 is 15.9 Å². The van der Waals surface area contributed by atoms with E-state index in [0.29, 0.717) is 42.1 Å². The Hall–Kier alpha value is -3.43. The molecule has 3 aromatic rings. The average molecular weight is 480 g/mol. The molecule has 2 heterocycles. The number of nitrogens with one attached hydrogen (secondary N) is 2. The summed E-state index contributed by atoms with van der Waals surface area (Å²) in [5.74, 6) is -0.606. The van der Waals surface area contributed by atoms with Gasteiger partial charge in [-0.2, -0.15) is 4.31 Å². The van der Waals surface area contributed by atoms with Crippen LogP contribution >= 0.6 is 0 Å². The number of carbonyl (C=O) groups excluding carboxylic acids is 2. The molecule has 0 aliphatic carbocycles. The summed E-state index contributed by atoms with van der Waals surface area (Å²) in [4.78, 5) is 24.8. The van der Waals surface area contributed by atoms with E-state index in [4.69, 9.17) is 4.74 Å². The number of ether oxygens (including phenoxy) is 1. The number of piperidine rings is 1. The summed E-state index contributed by atoms with van der Waals surface area (Å²) < 4.78 is 33.8. The normalized spacial score (nSPS) is 18.6. The first kappa shape index (κ1) is 22.4. The second-order valence-corrected chi connectivity index (χ2v) is 10.6. The van der Waals surface area contributed by atoms with Gasteiger partial charge in [0.25, 0.3) is 5.91 Å². The van der Waals surface area contributed by atoms with Gasteiger partial charge in [-0.1, -0.05) is 36.4 Å². The van der Waals surface area contributed by atoms with Crippen LogP contribution in [0.2, 0.25) is 0 Å². The fraction of sp³-hybridized carbons (Fsp3) is 0.280. The van der Waals surface area contributed by atoms with Crippen molar-refractivity contribution >= 4 is 44.0 Å². The number of fused-ring (bicyclic) bond motifs is 2. The highest BCUT2D eigenvalue weighted by Gasteiger charge is 2.35. The minimum atomic E-state index is -3.85. The van der Waals surface area contributed by atoms with E-state index in [-0.39, 0.29) is 29.9 Å². The fourth-order valence-corrected chi connectivity index (χ4v) is 6.32. The number of hydrogen-bond acceptors (Lipinski definition) is 5. The van der Waals surface area contributed by atoms with Gasteiger partial charge < -0.3 is 15.4 Å². The molecule has 0 aromatic heterocycles. The minimum Gasteiger partial charge on any atom is -0.482 e. The van der Waals surface area contributed by atoms with Crippen molar-refractivity contribution in [3.05, 3.63) is 60.2 Å². The van der Waals surface area contributed by atoms with E-state index >= 15 is 0 Å². The third kappa shape index (κ3) is 4.12. The summed E-state index contributed by atoms with van der Waals surface area (Å²) in [6.45, 7) is 1.97. The molecule has 176 valence electrons. The quantitative estimate of drug-likeness (QED) is 0.596. The largest absolute Gasteiger partial charge is 0.482 e. The molecule has 2 amide bonds. The van der Waals surface area contributed by atoms with E-state index in [2.05, 4.69) is 10.6 Å². The molecule has 1 saturated heterocycles. The van der Waals surface area contributed by atoms with E-state index in [1.54, 1.807) is 13.0 Å². The number of hydrogen-bond donors (Lipinski definition) is 2. The lowest BCUT2D eigenvalue weighted by Gasteiger charge is -2.32. The summed E-state index contributed by atoms with van der Waals surface area (Å²) >= 11 is 0. The highest BCUT2D eigenvalue weighted by atomic mass is 32.2. The zero-order valence-corrected chi connectivity index (χ0v) is 19.5. The molecule has 2 N–H and O–H groups in total. The summed E-state index contributed by atoms with van der Waals surface area (Å²) in [6.07, 6.45) is 1.20. The number of benzene rings is 3. The molecule has 1 unspecified atom stereocenters. The Morgan fingerprint density at radius 3 is 2.79 bits per heavy atom. The van der Waals surface area contributed by atoms with Crippen molar-refractivity contribution in [1.82, 2.24) is 4.31 Å². The molecule has 8 nitrogen and oxygen atoms in total. The molecule has 2 aliphatic rings. The van der Waals surface area contributed by atoms with Gasteiger partial charge in [0, 0.05) is 30.2 Å². The maximum Gasteiger partial charge on any atom is 0.262 e. The number of rotatable bonds is 4. The van der Waals surface area contributed by atoms with Crippen molar-refractivity contribution in [2.75, 3.05) is 30.3 Å². The van der Waals surface area contributed by atoms with E-state index in [0.717, 1.165) is 10.8 Å². The Balaban J connectivity index is 1.36. The molecular formula is C25H25N3O5S. The van der Waals surface area contributed by atoms with Crippen LogP contribution in [0.5, 0.6) is 5.75 Å². The molecule has 34 heavy (non-hydrogen) atoms. The van der Waals surface area contributed by atoms with Crippen molar-refractivity contribution < 1.29 is 22.7 Å². The highest BCUT2D eigenvalue weighted by molar-refractivity contribution is 7.89. The monoisotopic (exact) mass is 479 g/mol. The molecule has 0 radical (unpaired) electrons. The van der Waals surface area contributed by atoms with Gasteiger partial charge in [-0.3, -0.25) is 9.59 Å². The van der Waals surface area contributed by atoms with Gasteiger partial charge in [0.15, 0.2) is 6.61 Å². The van der Waals surface area contributed by atoms with Crippen LogP contribution in [-0.2, 0) is 19.6 Å². The molecule has 2 aliphatic heterocycles. The van der Waals surface area contributed by atoms with Crippen molar-refractivity contribution in [3.8, 4) is 5.75 Å². The Kier molecular flexibility index (Phi) is 5.75. The van der Waals surface area contributed by atoms with Crippen molar-refractivity contribution in [2.45, 2.75) is 24.7 Å². The van der Waals surface area contributed by atoms with Crippen LogP contribution < -0.4 is 15.4 Å².